The van der Waals surface area contributed by atoms with E-state index in [9.17, 15) is 0 Å². The molecule has 1 aromatic carbocycles. The smallest absolute Gasteiger partial charge is 0.144 e. The van der Waals surface area contributed by atoms with Gasteiger partial charge in [0.1, 0.15) is 5.75 Å². The predicted octanol–water partition coefficient (Wildman–Crippen LogP) is 4.44. The minimum atomic E-state index is 0.351. The van der Waals surface area contributed by atoms with Gasteiger partial charge in [-0.1, -0.05) is 33.6 Å². The van der Waals surface area contributed by atoms with Gasteiger partial charge >= 0.3 is 0 Å². The lowest BCUT2D eigenvalue weighted by molar-refractivity contribution is 0.217. The second kappa shape index (κ2) is 6.38. The topological polar surface area (TPSA) is 47.3 Å². The van der Waals surface area contributed by atoms with Gasteiger partial charge < -0.3 is 15.8 Å². The number of anilines is 2. The molecule has 0 heterocycles. The molecule has 3 nitrogen and oxygen atoms in total. The van der Waals surface area contributed by atoms with Gasteiger partial charge in [0.15, 0.2) is 0 Å². The second-order valence-electron chi connectivity index (χ2n) is 6.53. The van der Waals surface area contributed by atoms with Crippen LogP contribution in [0.4, 0.5) is 11.4 Å². The highest BCUT2D eigenvalue weighted by atomic mass is 16.5. The van der Waals surface area contributed by atoms with E-state index in [2.05, 4.69) is 32.2 Å². The molecule has 3 heteroatoms. The van der Waals surface area contributed by atoms with Crippen molar-refractivity contribution < 1.29 is 4.74 Å². The summed E-state index contributed by atoms with van der Waals surface area (Å²) >= 11 is 0. The first kappa shape index (κ1) is 15.0. The Labute approximate surface area is 122 Å². The van der Waals surface area contributed by atoms with Crippen LogP contribution < -0.4 is 15.8 Å². The molecule has 0 amide bonds. The molecular weight excluding hydrogens is 248 g/mol. The van der Waals surface area contributed by atoms with E-state index in [1.54, 1.807) is 0 Å². The van der Waals surface area contributed by atoms with Gasteiger partial charge in [-0.3, -0.25) is 0 Å². The molecule has 1 saturated carbocycles. The Morgan fingerprint density at radius 2 is 2.15 bits per heavy atom. The van der Waals surface area contributed by atoms with Crippen molar-refractivity contribution in [3.8, 4) is 5.75 Å². The highest BCUT2D eigenvalue weighted by Crippen LogP contribution is 2.38. The van der Waals surface area contributed by atoms with Gasteiger partial charge in [-0.2, -0.15) is 0 Å². The molecular formula is C17H28N2O. The van der Waals surface area contributed by atoms with E-state index in [0.717, 1.165) is 17.9 Å². The fraction of sp³-hybridized carbons (Fsp3) is 0.647. The van der Waals surface area contributed by atoms with Gasteiger partial charge in [0.2, 0.25) is 0 Å². The lowest BCUT2D eigenvalue weighted by atomic mass is 9.73. The molecule has 2 rings (SSSR count). The fourth-order valence-corrected chi connectivity index (χ4v) is 2.92. The summed E-state index contributed by atoms with van der Waals surface area (Å²) in [5.41, 5.74) is 8.15. The van der Waals surface area contributed by atoms with E-state index in [0.29, 0.717) is 23.8 Å². The molecule has 112 valence electrons. The van der Waals surface area contributed by atoms with Gasteiger partial charge in [-0.25, -0.2) is 0 Å². The average molecular weight is 276 g/mol. The van der Waals surface area contributed by atoms with E-state index in [1.165, 1.54) is 25.7 Å². The summed E-state index contributed by atoms with van der Waals surface area (Å²) in [6.07, 6.45) is 6.18. The first-order valence-corrected chi connectivity index (χ1v) is 7.82. The van der Waals surface area contributed by atoms with E-state index in [-0.39, 0.29) is 0 Å². The largest absolute Gasteiger partial charge is 0.491 e. The molecule has 0 spiro atoms. The quantitative estimate of drug-likeness (QED) is 0.782. The first-order chi connectivity index (χ1) is 9.53. The molecule has 0 saturated heterocycles. The van der Waals surface area contributed by atoms with Gasteiger partial charge in [0, 0.05) is 17.8 Å². The SMILES string of the molecule is CCCOc1cc(NC2CCCCC2(C)C)ccc1N. The Balaban J connectivity index is 2.08. The van der Waals surface area contributed by atoms with E-state index >= 15 is 0 Å². The van der Waals surface area contributed by atoms with Crippen LogP contribution in [0.3, 0.4) is 0 Å². The molecule has 0 bridgehead atoms. The van der Waals surface area contributed by atoms with Crippen LogP contribution in [-0.2, 0) is 0 Å². The number of hydrogen-bond donors (Lipinski definition) is 2. The molecule has 1 aliphatic carbocycles. The molecule has 20 heavy (non-hydrogen) atoms. The highest BCUT2D eigenvalue weighted by Gasteiger charge is 2.32. The number of benzene rings is 1. The van der Waals surface area contributed by atoms with Crippen LogP contribution >= 0.6 is 0 Å². The van der Waals surface area contributed by atoms with E-state index < -0.39 is 0 Å². The van der Waals surface area contributed by atoms with Crippen LogP contribution in [0.1, 0.15) is 52.9 Å². The van der Waals surface area contributed by atoms with E-state index in [1.807, 2.05) is 12.1 Å². The van der Waals surface area contributed by atoms with Crippen LogP contribution in [-0.4, -0.2) is 12.6 Å². The molecule has 0 aromatic heterocycles. The standard InChI is InChI=1S/C17H28N2O/c1-4-11-20-15-12-13(8-9-14(15)18)19-16-7-5-6-10-17(16,2)3/h8-9,12,16,19H,4-7,10-11,18H2,1-3H3. The zero-order chi connectivity index (χ0) is 14.6. The van der Waals surface area contributed by atoms with Crippen LogP contribution in [0, 0.1) is 5.41 Å². The van der Waals surface area contributed by atoms with Crippen molar-refractivity contribution >= 4 is 11.4 Å². The number of nitrogen functional groups attached to an aromatic ring is 1. The summed E-state index contributed by atoms with van der Waals surface area (Å²) in [6.45, 7) is 7.52. The van der Waals surface area contributed by atoms with Crippen molar-refractivity contribution in [2.24, 2.45) is 5.41 Å². The number of rotatable bonds is 5. The predicted molar refractivity (Wildman–Crippen MR) is 86.3 cm³/mol. The van der Waals surface area contributed by atoms with Crippen LogP contribution in [0.15, 0.2) is 18.2 Å². The maximum Gasteiger partial charge on any atom is 0.144 e. The van der Waals surface area contributed by atoms with Crippen LogP contribution in [0.2, 0.25) is 0 Å². The summed E-state index contributed by atoms with van der Waals surface area (Å²) in [5, 5.41) is 3.68. The monoisotopic (exact) mass is 276 g/mol. The molecule has 1 fully saturated rings. The highest BCUT2D eigenvalue weighted by molar-refractivity contribution is 5.61. The molecule has 1 aliphatic rings. The van der Waals surface area contributed by atoms with Crippen molar-refractivity contribution in [3.05, 3.63) is 18.2 Å². The van der Waals surface area contributed by atoms with Gasteiger partial charge in [0.05, 0.1) is 12.3 Å². The Bertz CT molecular complexity index is 443. The zero-order valence-corrected chi connectivity index (χ0v) is 13.0. The molecule has 0 radical (unpaired) electrons. The van der Waals surface area contributed by atoms with Crippen molar-refractivity contribution in [3.63, 3.8) is 0 Å². The number of ether oxygens (including phenoxy) is 1. The third-order valence-corrected chi connectivity index (χ3v) is 4.32. The van der Waals surface area contributed by atoms with Crippen LogP contribution in [0.25, 0.3) is 0 Å². The van der Waals surface area contributed by atoms with Crippen molar-refractivity contribution in [1.82, 2.24) is 0 Å². The summed E-state index contributed by atoms with van der Waals surface area (Å²) in [7, 11) is 0. The summed E-state index contributed by atoms with van der Waals surface area (Å²) in [6, 6.07) is 6.55. The normalized spacial score (nSPS) is 21.4. The maximum absolute atomic E-state index is 5.96. The number of nitrogens with one attached hydrogen (secondary N) is 1. The molecule has 1 aromatic rings. The molecule has 1 unspecified atom stereocenters. The number of hydrogen-bond acceptors (Lipinski definition) is 3. The first-order valence-electron chi connectivity index (χ1n) is 7.82. The van der Waals surface area contributed by atoms with Crippen molar-refractivity contribution in [1.29, 1.82) is 0 Å². The second-order valence-corrected chi connectivity index (χ2v) is 6.53. The Kier molecular flexibility index (Phi) is 4.79. The summed E-state index contributed by atoms with van der Waals surface area (Å²) < 4.78 is 5.70. The average Bonchev–Trinajstić information content (AvgIpc) is 2.41. The summed E-state index contributed by atoms with van der Waals surface area (Å²) in [4.78, 5) is 0. The Morgan fingerprint density at radius 1 is 1.35 bits per heavy atom. The van der Waals surface area contributed by atoms with Gasteiger partial charge in [0.25, 0.3) is 0 Å². The summed E-state index contributed by atoms with van der Waals surface area (Å²) in [5.74, 6) is 0.797. The van der Waals surface area contributed by atoms with Gasteiger partial charge in [-0.15, -0.1) is 0 Å². The van der Waals surface area contributed by atoms with Gasteiger partial charge in [-0.05, 0) is 36.8 Å². The molecule has 1 atom stereocenters. The Morgan fingerprint density at radius 3 is 2.85 bits per heavy atom. The third kappa shape index (κ3) is 3.59. The van der Waals surface area contributed by atoms with E-state index in [4.69, 9.17) is 10.5 Å². The molecule has 3 N–H and O–H groups in total. The third-order valence-electron chi connectivity index (χ3n) is 4.32. The van der Waals surface area contributed by atoms with Crippen LogP contribution in [0.5, 0.6) is 5.75 Å². The molecule has 0 aliphatic heterocycles. The number of nitrogens with two attached hydrogens (primary N) is 1. The lowest BCUT2D eigenvalue weighted by Crippen LogP contribution is -2.38. The van der Waals surface area contributed by atoms with Crippen molar-refractivity contribution in [2.75, 3.05) is 17.7 Å². The lowest BCUT2D eigenvalue weighted by Gasteiger charge is -2.39. The minimum absolute atomic E-state index is 0.351. The fourth-order valence-electron chi connectivity index (χ4n) is 2.92. The maximum atomic E-state index is 5.96. The Hall–Kier alpha value is -1.38. The zero-order valence-electron chi connectivity index (χ0n) is 13.0. The van der Waals surface area contributed by atoms with Crippen molar-refractivity contribution in [2.45, 2.75) is 58.9 Å². The minimum Gasteiger partial charge on any atom is -0.491 e.